The first-order valence-corrected chi connectivity index (χ1v) is 4.63. The molecule has 0 aromatic heterocycles. The Bertz CT molecular complexity index is 192. The van der Waals surface area contributed by atoms with Crippen molar-refractivity contribution in [3.8, 4) is 0 Å². The van der Waals surface area contributed by atoms with Gasteiger partial charge in [0.25, 0.3) is 0 Å². The Balaban J connectivity index is 2.26. The number of nitrogens with zero attached hydrogens (tertiary/aromatic N) is 1. The number of piperidine rings is 1. The van der Waals surface area contributed by atoms with Crippen LogP contribution in [0.5, 0.6) is 0 Å². The van der Waals surface area contributed by atoms with Crippen molar-refractivity contribution < 1.29 is 0 Å². The first-order valence-electron chi connectivity index (χ1n) is 4.63. The third-order valence-electron chi connectivity index (χ3n) is 2.37. The minimum Gasteiger partial charge on any atom is -0.396 e. The summed E-state index contributed by atoms with van der Waals surface area (Å²) < 4.78 is 0. The van der Waals surface area contributed by atoms with Gasteiger partial charge in [-0.05, 0) is 33.0 Å². The van der Waals surface area contributed by atoms with Crippen molar-refractivity contribution in [2.75, 3.05) is 20.1 Å². The summed E-state index contributed by atoms with van der Waals surface area (Å²) >= 11 is 0. The van der Waals surface area contributed by atoms with Crippen LogP contribution in [-0.4, -0.2) is 37.3 Å². The lowest BCUT2D eigenvalue weighted by Crippen LogP contribution is -2.39. The first kappa shape index (κ1) is 10.1. The van der Waals surface area contributed by atoms with E-state index in [-0.39, 0.29) is 0 Å². The minimum absolute atomic E-state index is 0.485. The Hall–Kier alpha value is -1.03. The molecule has 4 nitrogen and oxygen atoms in total. The number of allylic oxidation sites excluding steroid dienone is 1. The molecule has 13 heavy (non-hydrogen) atoms. The molecule has 1 rings (SSSR count). The predicted octanol–water partition coefficient (Wildman–Crippen LogP) is 0.120. The second kappa shape index (κ2) is 4.87. The molecular formula is C9H18N4. The van der Waals surface area contributed by atoms with E-state index in [9.17, 15) is 0 Å². The summed E-state index contributed by atoms with van der Waals surface area (Å²) in [7, 11) is 2.14. The Morgan fingerprint density at radius 3 is 2.69 bits per heavy atom. The Morgan fingerprint density at radius 1 is 1.54 bits per heavy atom. The van der Waals surface area contributed by atoms with Gasteiger partial charge in [-0.1, -0.05) is 0 Å². The van der Waals surface area contributed by atoms with Crippen LogP contribution in [0.25, 0.3) is 0 Å². The molecular weight excluding hydrogens is 164 g/mol. The number of rotatable bonds is 3. The number of likely N-dealkylation sites (tertiary alicyclic amines) is 1. The Kier molecular flexibility index (Phi) is 3.76. The highest BCUT2D eigenvalue weighted by molar-refractivity contribution is 5.73. The second-order valence-electron chi connectivity index (χ2n) is 3.53. The minimum atomic E-state index is 0.485. The lowest BCUT2D eigenvalue weighted by atomic mass is 10.1. The van der Waals surface area contributed by atoms with Crippen molar-refractivity contribution in [3.63, 3.8) is 0 Å². The fourth-order valence-corrected chi connectivity index (χ4v) is 1.43. The van der Waals surface area contributed by atoms with E-state index in [0.29, 0.717) is 11.7 Å². The monoisotopic (exact) mass is 182 g/mol. The fourth-order valence-electron chi connectivity index (χ4n) is 1.43. The second-order valence-corrected chi connectivity index (χ2v) is 3.53. The van der Waals surface area contributed by atoms with Gasteiger partial charge in [-0.25, -0.2) is 0 Å². The highest BCUT2D eigenvalue weighted by Crippen LogP contribution is 2.07. The van der Waals surface area contributed by atoms with E-state index in [1.807, 2.05) is 0 Å². The van der Waals surface area contributed by atoms with Crippen molar-refractivity contribution in [3.05, 3.63) is 11.9 Å². The molecule has 1 saturated heterocycles. The maximum Gasteiger partial charge on any atom is 0.0652 e. The average molecular weight is 182 g/mol. The first-order chi connectivity index (χ1) is 6.22. The fraction of sp³-hybridized carbons (Fsp3) is 0.667. The van der Waals surface area contributed by atoms with E-state index in [1.54, 1.807) is 6.20 Å². The molecule has 4 N–H and O–H groups in total. The Labute approximate surface area is 79.3 Å². The normalized spacial score (nSPS) is 21.5. The highest BCUT2D eigenvalue weighted by Gasteiger charge is 2.14. The maximum atomic E-state index is 6.89. The van der Waals surface area contributed by atoms with Crippen LogP contribution < -0.4 is 11.1 Å². The molecule has 0 bridgehead atoms. The van der Waals surface area contributed by atoms with Crippen molar-refractivity contribution in [1.82, 2.24) is 10.2 Å². The highest BCUT2D eigenvalue weighted by atomic mass is 15.1. The van der Waals surface area contributed by atoms with Crippen LogP contribution in [0.15, 0.2) is 11.9 Å². The van der Waals surface area contributed by atoms with Crippen LogP contribution in [0, 0.1) is 5.41 Å². The molecule has 1 aliphatic rings. The molecule has 0 aromatic rings. The zero-order valence-corrected chi connectivity index (χ0v) is 8.09. The van der Waals surface area contributed by atoms with Crippen molar-refractivity contribution >= 4 is 6.21 Å². The zero-order valence-electron chi connectivity index (χ0n) is 8.09. The van der Waals surface area contributed by atoms with Gasteiger partial charge in [0.2, 0.25) is 0 Å². The summed E-state index contributed by atoms with van der Waals surface area (Å²) in [4.78, 5) is 2.32. The van der Waals surface area contributed by atoms with Crippen LogP contribution in [-0.2, 0) is 0 Å². The molecule has 0 aliphatic carbocycles. The topological polar surface area (TPSA) is 65.1 Å². The van der Waals surface area contributed by atoms with E-state index in [2.05, 4.69) is 17.3 Å². The smallest absolute Gasteiger partial charge is 0.0652 e. The molecule has 4 heteroatoms. The zero-order chi connectivity index (χ0) is 9.68. The van der Waals surface area contributed by atoms with Crippen LogP contribution in [0.2, 0.25) is 0 Å². The quantitative estimate of drug-likeness (QED) is 0.543. The van der Waals surface area contributed by atoms with E-state index < -0.39 is 0 Å². The van der Waals surface area contributed by atoms with E-state index in [0.717, 1.165) is 32.1 Å². The van der Waals surface area contributed by atoms with Crippen LogP contribution in [0.1, 0.15) is 12.8 Å². The molecule has 1 aliphatic heterocycles. The molecule has 1 fully saturated rings. The summed E-state index contributed by atoms with van der Waals surface area (Å²) in [6.07, 6.45) is 5.18. The summed E-state index contributed by atoms with van der Waals surface area (Å²) in [5.41, 5.74) is 5.95. The third kappa shape index (κ3) is 3.46. The number of hydrogen-bond donors (Lipinski definition) is 3. The van der Waals surface area contributed by atoms with Gasteiger partial charge in [0.15, 0.2) is 0 Å². The predicted molar refractivity (Wildman–Crippen MR) is 54.7 cm³/mol. The van der Waals surface area contributed by atoms with Crippen molar-refractivity contribution in [1.29, 1.82) is 5.41 Å². The molecule has 0 unspecified atom stereocenters. The molecule has 0 amide bonds. The molecule has 0 saturated carbocycles. The average Bonchev–Trinajstić information content (AvgIpc) is 2.16. The Morgan fingerprint density at radius 2 is 2.15 bits per heavy atom. The summed E-state index contributed by atoms with van der Waals surface area (Å²) in [6, 6.07) is 0.523. The van der Waals surface area contributed by atoms with E-state index in [4.69, 9.17) is 11.1 Å². The summed E-state index contributed by atoms with van der Waals surface area (Å²) in [5.74, 6) is 0. The molecule has 74 valence electrons. The van der Waals surface area contributed by atoms with Gasteiger partial charge >= 0.3 is 0 Å². The lowest BCUT2D eigenvalue weighted by molar-refractivity contribution is 0.244. The van der Waals surface area contributed by atoms with Gasteiger partial charge < -0.3 is 21.4 Å². The molecule has 0 spiro atoms. The maximum absolute atomic E-state index is 6.89. The third-order valence-corrected chi connectivity index (χ3v) is 2.37. The van der Waals surface area contributed by atoms with Gasteiger partial charge in [0.1, 0.15) is 0 Å². The van der Waals surface area contributed by atoms with Crippen molar-refractivity contribution in [2.24, 2.45) is 5.73 Å². The largest absolute Gasteiger partial charge is 0.396 e. The molecule has 0 radical (unpaired) electrons. The van der Waals surface area contributed by atoms with Gasteiger partial charge in [-0.3, -0.25) is 0 Å². The van der Waals surface area contributed by atoms with Gasteiger partial charge in [0, 0.05) is 18.5 Å². The van der Waals surface area contributed by atoms with Crippen LogP contribution >= 0.6 is 0 Å². The molecule has 1 heterocycles. The van der Waals surface area contributed by atoms with E-state index in [1.165, 1.54) is 0 Å². The number of nitrogens with two attached hydrogens (primary N) is 1. The van der Waals surface area contributed by atoms with Crippen LogP contribution in [0.4, 0.5) is 0 Å². The lowest BCUT2D eigenvalue weighted by Gasteiger charge is -2.29. The van der Waals surface area contributed by atoms with Crippen molar-refractivity contribution in [2.45, 2.75) is 18.9 Å². The van der Waals surface area contributed by atoms with Crippen LogP contribution in [0.3, 0.4) is 0 Å². The molecule has 0 atom stereocenters. The number of nitrogens with one attached hydrogen (secondary N) is 2. The summed E-state index contributed by atoms with van der Waals surface area (Å²) in [6.45, 7) is 2.27. The molecule has 0 aromatic carbocycles. The van der Waals surface area contributed by atoms with Gasteiger partial charge in [-0.15, -0.1) is 0 Å². The number of hydrogen-bond acceptors (Lipinski definition) is 4. The SMILES string of the molecule is CN1CCC(N/C=C(/N)C=N)CC1. The standard InChI is InChI=1S/C9H18N4/c1-13-4-2-9(3-5-13)12-7-8(11)6-10/h6-7,9-10,12H,2-5,11H2,1H3/b8-7+,10-6?. The van der Waals surface area contributed by atoms with Gasteiger partial charge in [0.05, 0.1) is 5.70 Å². The summed E-state index contributed by atoms with van der Waals surface area (Å²) in [5, 5.41) is 10.1. The van der Waals surface area contributed by atoms with E-state index >= 15 is 0 Å². The van der Waals surface area contributed by atoms with Gasteiger partial charge in [-0.2, -0.15) is 0 Å².